The molecule has 1 saturated carbocycles. The SMILES string of the molecule is CC1CCN(S(=O)(=O)c2ccc(C(=O)O[C@H](C)C(=O)N(C)C3CCCCC3)cc2)CC1. The van der Waals surface area contributed by atoms with Gasteiger partial charge < -0.3 is 9.64 Å². The molecule has 172 valence electrons. The molecule has 0 bridgehead atoms. The normalized spacial score (nSPS) is 20.2. The van der Waals surface area contributed by atoms with Crippen molar-refractivity contribution in [3.63, 3.8) is 0 Å². The Morgan fingerprint density at radius 1 is 1.03 bits per heavy atom. The topological polar surface area (TPSA) is 84.0 Å². The number of esters is 1. The van der Waals surface area contributed by atoms with Crippen LogP contribution in [0, 0.1) is 5.92 Å². The van der Waals surface area contributed by atoms with Gasteiger partial charge in [-0.2, -0.15) is 4.31 Å². The van der Waals surface area contributed by atoms with Gasteiger partial charge in [-0.15, -0.1) is 0 Å². The van der Waals surface area contributed by atoms with Gasteiger partial charge in [-0.25, -0.2) is 13.2 Å². The van der Waals surface area contributed by atoms with Crippen LogP contribution in [0.3, 0.4) is 0 Å². The van der Waals surface area contributed by atoms with Crippen LogP contribution in [0.1, 0.15) is 69.2 Å². The lowest BCUT2D eigenvalue weighted by Gasteiger charge is -2.32. The molecule has 0 aromatic heterocycles. The van der Waals surface area contributed by atoms with Crippen LogP contribution in [0.5, 0.6) is 0 Å². The second-order valence-corrected chi connectivity index (χ2v) is 10.8. The van der Waals surface area contributed by atoms with Crippen molar-refractivity contribution in [1.29, 1.82) is 0 Å². The number of rotatable bonds is 6. The van der Waals surface area contributed by atoms with Crippen LogP contribution in [0.15, 0.2) is 29.2 Å². The molecule has 0 unspecified atom stereocenters. The van der Waals surface area contributed by atoms with Crippen molar-refractivity contribution in [1.82, 2.24) is 9.21 Å². The first kappa shape index (κ1) is 23.7. The lowest BCUT2D eigenvalue weighted by atomic mass is 9.94. The number of amides is 1. The molecule has 3 rings (SSSR count). The fourth-order valence-corrected chi connectivity index (χ4v) is 5.82. The number of ether oxygens (including phenoxy) is 1. The highest BCUT2D eigenvalue weighted by Gasteiger charge is 2.30. The standard InChI is InChI=1S/C23H34N2O5S/c1-17-13-15-25(16-14-17)31(28,29)21-11-9-19(10-12-21)23(27)30-18(2)22(26)24(3)20-7-5-4-6-8-20/h9-12,17-18,20H,4-8,13-16H2,1-3H3/t18-/m1/s1. The fraction of sp³-hybridized carbons (Fsp3) is 0.652. The molecule has 1 aromatic rings. The Morgan fingerprint density at radius 3 is 2.19 bits per heavy atom. The van der Waals surface area contributed by atoms with Gasteiger partial charge in [0, 0.05) is 26.2 Å². The Bertz CT molecular complexity index is 870. The van der Waals surface area contributed by atoms with E-state index in [9.17, 15) is 18.0 Å². The van der Waals surface area contributed by atoms with Crippen LogP contribution in [0.4, 0.5) is 0 Å². The van der Waals surface area contributed by atoms with E-state index in [2.05, 4.69) is 6.92 Å². The summed E-state index contributed by atoms with van der Waals surface area (Å²) < 4.78 is 32.5. The summed E-state index contributed by atoms with van der Waals surface area (Å²) >= 11 is 0. The summed E-state index contributed by atoms with van der Waals surface area (Å²) in [6, 6.07) is 5.97. The monoisotopic (exact) mass is 450 g/mol. The summed E-state index contributed by atoms with van der Waals surface area (Å²) in [5, 5.41) is 0. The summed E-state index contributed by atoms with van der Waals surface area (Å²) in [7, 11) is -1.80. The van der Waals surface area contributed by atoms with E-state index in [1.54, 1.807) is 18.9 Å². The average molecular weight is 451 g/mol. The largest absolute Gasteiger partial charge is 0.449 e. The molecule has 1 amide bonds. The Balaban J connectivity index is 1.60. The van der Waals surface area contributed by atoms with E-state index in [1.807, 2.05) is 0 Å². The highest BCUT2D eigenvalue weighted by atomic mass is 32.2. The summed E-state index contributed by atoms with van der Waals surface area (Å²) in [6.45, 7) is 4.74. The number of hydrogen-bond acceptors (Lipinski definition) is 5. The third kappa shape index (κ3) is 5.66. The molecular weight excluding hydrogens is 416 g/mol. The van der Waals surface area contributed by atoms with Crippen LogP contribution in [0.25, 0.3) is 0 Å². The third-order valence-electron chi connectivity index (χ3n) is 6.57. The third-order valence-corrected chi connectivity index (χ3v) is 8.48. The van der Waals surface area contributed by atoms with Crippen molar-refractivity contribution >= 4 is 21.9 Å². The van der Waals surface area contributed by atoms with E-state index in [0.717, 1.165) is 38.5 Å². The summed E-state index contributed by atoms with van der Waals surface area (Å²) in [4.78, 5) is 27.0. The Kier molecular flexibility index (Phi) is 7.75. The number of carbonyl (C=O) groups excluding carboxylic acids is 2. The van der Waals surface area contributed by atoms with Crippen molar-refractivity contribution < 1.29 is 22.7 Å². The molecule has 7 nitrogen and oxygen atoms in total. The number of nitrogens with zero attached hydrogens (tertiary/aromatic N) is 2. The van der Waals surface area contributed by atoms with E-state index in [1.165, 1.54) is 35.0 Å². The predicted octanol–water partition coefficient (Wildman–Crippen LogP) is 3.44. The van der Waals surface area contributed by atoms with Gasteiger partial charge in [-0.3, -0.25) is 4.79 Å². The number of likely N-dealkylation sites (N-methyl/N-ethyl adjacent to an activating group) is 1. The highest BCUT2D eigenvalue weighted by Crippen LogP contribution is 2.24. The molecule has 1 atom stereocenters. The molecule has 1 aliphatic heterocycles. The molecule has 1 saturated heterocycles. The highest BCUT2D eigenvalue weighted by molar-refractivity contribution is 7.89. The van der Waals surface area contributed by atoms with E-state index < -0.39 is 22.1 Å². The quantitative estimate of drug-likeness (QED) is 0.620. The second-order valence-electron chi connectivity index (χ2n) is 8.90. The minimum Gasteiger partial charge on any atom is -0.449 e. The van der Waals surface area contributed by atoms with Crippen molar-refractivity contribution in [2.75, 3.05) is 20.1 Å². The maximum Gasteiger partial charge on any atom is 0.338 e. The molecule has 8 heteroatoms. The Labute approximate surface area is 185 Å². The van der Waals surface area contributed by atoms with Gasteiger partial charge >= 0.3 is 5.97 Å². The molecule has 2 aliphatic rings. The molecule has 0 radical (unpaired) electrons. The van der Waals surface area contributed by atoms with Crippen LogP contribution in [0.2, 0.25) is 0 Å². The molecule has 1 aromatic carbocycles. The number of sulfonamides is 1. The van der Waals surface area contributed by atoms with Gasteiger partial charge in [0.25, 0.3) is 5.91 Å². The molecule has 0 N–H and O–H groups in total. The van der Waals surface area contributed by atoms with Crippen LogP contribution >= 0.6 is 0 Å². The number of carbonyl (C=O) groups is 2. The lowest BCUT2D eigenvalue weighted by Crippen LogP contribution is -2.44. The van der Waals surface area contributed by atoms with Crippen LogP contribution in [-0.2, 0) is 19.6 Å². The molecule has 1 aliphatic carbocycles. The average Bonchev–Trinajstić information content (AvgIpc) is 2.79. The predicted molar refractivity (Wildman–Crippen MR) is 118 cm³/mol. The fourth-order valence-electron chi connectivity index (χ4n) is 4.35. The van der Waals surface area contributed by atoms with Gasteiger partial charge in [0.1, 0.15) is 0 Å². The molecule has 1 heterocycles. The maximum atomic E-state index is 12.8. The van der Waals surface area contributed by atoms with Gasteiger partial charge in [-0.1, -0.05) is 26.2 Å². The van der Waals surface area contributed by atoms with Gasteiger partial charge in [0.05, 0.1) is 10.5 Å². The second kappa shape index (κ2) is 10.1. The molecule has 0 spiro atoms. The van der Waals surface area contributed by atoms with Crippen molar-refractivity contribution in [2.24, 2.45) is 5.92 Å². The first-order chi connectivity index (χ1) is 14.7. The number of benzene rings is 1. The Hall–Kier alpha value is -1.93. The summed E-state index contributed by atoms with van der Waals surface area (Å²) in [6.07, 6.45) is 6.20. The first-order valence-electron chi connectivity index (χ1n) is 11.3. The first-order valence-corrected chi connectivity index (χ1v) is 12.7. The van der Waals surface area contributed by atoms with Crippen molar-refractivity contribution in [3.05, 3.63) is 29.8 Å². The molecule has 31 heavy (non-hydrogen) atoms. The lowest BCUT2D eigenvalue weighted by molar-refractivity contribution is -0.141. The van der Waals surface area contributed by atoms with E-state index in [0.29, 0.717) is 19.0 Å². The summed E-state index contributed by atoms with van der Waals surface area (Å²) in [5.41, 5.74) is 0.228. The molecular formula is C23H34N2O5S. The molecule has 2 fully saturated rings. The Morgan fingerprint density at radius 2 is 1.61 bits per heavy atom. The van der Waals surface area contributed by atoms with Crippen molar-refractivity contribution in [2.45, 2.75) is 75.8 Å². The van der Waals surface area contributed by atoms with Crippen LogP contribution < -0.4 is 0 Å². The minimum absolute atomic E-state index is 0.166. The van der Waals surface area contributed by atoms with E-state index >= 15 is 0 Å². The van der Waals surface area contributed by atoms with Crippen molar-refractivity contribution in [3.8, 4) is 0 Å². The zero-order valence-electron chi connectivity index (χ0n) is 18.7. The zero-order chi connectivity index (χ0) is 22.6. The minimum atomic E-state index is -3.57. The van der Waals surface area contributed by atoms with E-state index in [4.69, 9.17) is 4.74 Å². The zero-order valence-corrected chi connectivity index (χ0v) is 19.6. The van der Waals surface area contributed by atoms with Crippen LogP contribution in [-0.4, -0.2) is 61.8 Å². The van der Waals surface area contributed by atoms with Gasteiger partial charge in [0.2, 0.25) is 10.0 Å². The maximum absolute atomic E-state index is 12.8. The summed E-state index contributed by atoms with van der Waals surface area (Å²) in [5.74, 6) is -0.308. The van der Waals surface area contributed by atoms with Gasteiger partial charge in [0.15, 0.2) is 6.10 Å². The number of piperidine rings is 1. The smallest absolute Gasteiger partial charge is 0.338 e. The number of hydrogen-bond donors (Lipinski definition) is 0. The van der Waals surface area contributed by atoms with Gasteiger partial charge in [-0.05, 0) is 62.8 Å². The van der Waals surface area contributed by atoms with E-state index in [-0.39, 0.29) is 22.4 Å².